The quantitative estimate of drug-likeness (QED) is 0.882. The van der Waals surface area contributed by atoms with Gasteiger partial charge in [-0.2, -0.15) is 0 Å². The lowest BCUT2D eigenvalue weighted by atomic mass is 10.1. The van der Waals surface area contributed by atoms with Gasteiger partial charge in [-0.25, -0.2) is 9.18 Å². The van der Waals surface area contributed by atoms with Gasteiger partial charge in [-0.05, 0) is 62.6 Å². The van der Waals surface area contributed by atoms with Crippen LogP contribution in [0, 0.1) is 26.6 Å². The van der Waals surface area contributed by atoms with E-state index in [0.29, 0.717) is 24.2 Å². The van der Waals surface area contributed by atoms with Crippen molar-refractivity contribution in [2.45, 2.75) is 33.2 Å². The van der Waals surface area contributed by atoms with E-state index in [1.165, 1.54) is 17.7 Å². The zero-order chi connectivity index (χ0) is 18.8. The molecule has 1 aliphatic rings. The average Bonchev–Trinajstić information content (AvgIpc) is 2.95. The Morgan fingerprint density at radius 3 is 2.65 bits per heavy atom. The molecular formula is C20H22FN3O2. The van der Waals surface area contributed by atoms with E-state index in [1.807, 2.05) is 32.0 Å². The standard InChI is InChI=1S/C20H22FN3O2/c1-12-7-8-15(11-13(12)2)24-10-9-18(19(24)25)23-20(26)22-17-6-4-5-16(21)14(17)3/h4-8,11,18H,9-10H2,1-3H3,(H2,22,23,26). The maximum Gasteiger partial charge on any atom is 0.319 e. The summed E-state index contributed by atoms with van der Waals surface area (Å²) in [6.07, 6.45) is 0.529. The van der Waals surface area contributed by atoms with E-state index in [9.17, 15) is 14.0 Å². The summed E-state index contributed by atoms with van der Waals surface area (Å²) in [6, 6.07) is 9.25. The molecule has 0 saturated carbocycles. The van der Waals surface area contributed by atoms with Gasteiger partial charge in [-0.3, -0.25) is 4.79 Å². The third-order valence-electron chi connectivity index (χ3n) is 4.83. The molecule has 3 amide bonds. The number of carbonyl (C=O) groups excluding carboxylic acids is 2. The van der Waals surface area contributed by atoms with Crippen molar-refractivity contribution >= 4 is 23.3 Å². The molecule has 5 nitrogen and oxygen atoms in total. The second-order valence-electron chi connectivity index (χ2n) is 6.61. The van der Waals surface area contributed by atoms with Crippen LogP contribution in [0.4, 0.5) is 20.6 Å². The first-order chi connectivity index (χ1) is 12.4. The van der Waals surface area contributed by atoms with Gasteiger partial charge in [0.1, 0.15) is 11.9 Å². The molecule has 0 bridgehead atoms. The first kappa shape index (κ1) is 17.9. The van der Waals surface area contributed by atoms with E-state index in [4.69, 9.17) is 0 Å². The molecule has 1 atom stereocenters. The number of amides is 3. The van der Waals surface area contributed by atoms with Crippen LogP contribution in [0.5, 0.6) is 0 Å². The van der Waals surface area contributed by atoms with E-state index in [1.54, 1.807) is 17.9 Å². The number of anilines is 2. The van der Waals surface area contributed by atoms with Crippen LogP contribution in [-0.4, -0.2) is 24.5 Å². The minimum Gasteiger partial charge on any atom is -0.326 e. The Kier molecular flexibility index (Phi) is 4.93. The molecule has 1 fully saturated rings. The number of hydrogen-bond acceptors (Lipinski definition) is 2. The highest BCUT2D eigenvalue weighted by atomic mass is 19.1. The number of hydrogen-bond donors (Lipinski definition) is 2. The summed E-state index contributed by atoms with van der Waals surface area (Å²) in [6.45, 7) is 6.16. The molecule has 1 unspecified atom stereocenters. The Labute approximate surface area is 152 Å². The molecule has 2 N–H and O–H groups in total. The first-order valence-electron chi connectivity index (χ1n) is 8.58. The molecule has 0 aliphatic carbocycles. The molecular weight excluding hydrogens is 333 g/mol. The normalized spacial score (nSPS) is 16.7. The van der Waals surface area contributed by atoms with E-state index >= 15 is 0 Å². The maximum absolute atomic E-state index is 13.6. The van der Waals surface area contributed by atoms with Crippen LogP contribution in [0.1, 0.15) is 23.1 Å². The first-order valence-corrected chi connectivity index (χ1v) is 8.58. The highest BCUT2D eigenvalue weighted by molar-refractivity contribution is 6.02. The monoisotopic (exact) mass is 355 g/mol. The van der Waals surface area contributed by atoms with Crippen LogP contribution in [0.25, 0.3) is 0 Å². The fourth-order valence-corrected chi connectivity index (χ4v) is 3.02. The van der Waals surface area contributed by atoms with Crippen molar-refractivity contribution in [2.75, 3.05) is 16.8 Å². The van der Waals surface area contributed by atoms with E-state index < -0.39 is 12.1 Å². The minimum absolute atomic E-state index is 0.139. The van der Waals surface area contributed by atoms with Gasteiger partial charge in [-0.1, -0.05) is 12.1 Å². The van der Waals surface area contributed by atoms with E-state index in [2.05, 4.69) is 10.6 Å². The molecule has 3 rings (SSSR count). The fourth-order valence-electron chi connectivity index (χ4n) is 3.02. The average molecular weight is 355 g/mol. The van der Waals surface area contributed by atoms with Crippen LogP contribution in [0.2, 0.25) is 0 Å². The molecule has 0 aromatic heterocycles. The van der Waals surface area contributed by atoms with Gasteiger partial charge in [0.2, 0.25) is 5.91 Å². The molecule has 6 heteroatoms. The van der Waals surface area contributed by atoms with Gasteiger partial charge in [0.25, 0.3) is 0 Å². The number of urea groups is 1. The topological polar surface area (TPSA) is 61.4 Å². The highest BCUT2D eigenvalue weighted by Crippen LogP contribution is 2.24. The number of halogens is 1. The van der Waals surface area contributed by atoms with Crippen molar-refractivity contribution in [3.05, 3.63) is 58.9 Å². The van der Waals surface area contributed by atoms with Crippen molar-refractivity contribution < 1.29 is 14.0 Å². The van der Waals surface area contributed by atoms with Gasteiger partial charge in [0, 0.05) is 23.5 Å². The summed E-state index contributed by atoms with van der Waals surface area (Å²) in [5, 5.41) is 5.29. The third-order valence-corrected chi connectivity index (χ3v) is 4.83. The minimum atomic E-state index is -0.592. The van der Waals surface area contributed by atoms with Crippen LogP contribution in [-0.2, 0) is 4.79 Å². The van der Waals surface area contributed by atoms with Gasteiger partial charge in [-0.15, -0.1) is 0 Å². The number of rotatable bonds is 3. The molecule has 0 radical (unpaired) electrons. The van der Waals surface area contributed by atoms with Gasteiger partial charge >= 0.3 is 6.03 Å². The molecule has 1 heterocycles. The largest absolute Gasteiger partial charge is 0.326 e. The van der Waals surface area contributed by atoms with Crippen LogP contribution < -0.4 is 15.5 Å². The predicted molar refractivity (Wildman–Crippen MR) is 100.0 cm³/mol. The van der Waals surface area contributed by atoms with Gasteiger partial charge < -0.3 is 15.5 Å². The third kappa shape index (κ3) is 3.54. The molecule has 136 valence electrons. The Balaban J connectivity index is 1.66. The van der Waals surface area contributed by atoms with Crippen molar-refractivity contribution in [3.63, 3.8) is 0 Å². The van der Waals surface area contributed by atoms with Crippen molar-refractivity contribution in [1.82, 2.24) is 5.32 Å². The molecule has 2 aromatic carbocycles. The number of nitrogens with one attached hydrogen (secondary N) is 2. The summed E-state index contributed by atoms with van der Waals surface area (Å²) in [5.41, 5.74) is 3.87. The SMILES string of the molecule is Cc1ccc(N2CCC(NC(=O)Nc3cccc(F)c3C)C2=O)cc1C. The van der Waals surface area contributed by atoms with Crippen LogP contribution in [0.15, 0.2) is 36.4 Å². The molecule has 1 saturated heterocycles. The molecule has 0 spiro atoms. The van der Waals surface area contributed by atoms with Gasteiger partial charge in [0.05, 0.1) is 0 Å². The molecule has 2 aromatic rings. The summed E-state index contributed by atoms with van der Waals surface area (Å²) in [4.78, 5) is 26.5. The zero-order valence-electron chi connectivity index (χ0n) is 15.1. The highest BCUT2D eigenvalue weighted by Gasteiger charge is 2.33. The number of nitrogens with zero attached hydrogens (tertiary/aromatic N) is 1. The predicted octanol–water partition coefficient (Wildman–Crippen LogP) is 3.68. The number of benzene rings is 2. The lowest BCUT2D eigenvalue weighted by Gasteiger charge is -2.18. The lowest BCUT2D eigenvalue weighted by molar-refractivity contribution is -0.118. The van der Waals surface area contributed by atoms with Crippen molar-refractivity contribution in [1.29, 1.82) is 0 Å². The van der Waals surface area contributed by atoms with Crippen molar-refractivity contribution in [2.24, 2.45) is 0 Å². The summed E-state index contributed by atoms with van der Waals surface area (Å²) in [5.74, 6) is -0.528. The van der Waals surface area contributed by atoms with Gasteiger partial charge in [0.15, 0.2) is 0 Å². The Morgan fingerprint density at radius 2 is 1.92 bits per heavy atom. The lowest BCUT2D eigenvalue weighted by Crippen LogP contribution is -2.43. The van der Waals surface area contributed by atoms with Crippen molar-refractivity contribution in [3.8, 4) is 0 Å². The van der Waals surface area contributed by atoms with E-state index in [-0.39, 0.29) is 11.7 Å². The summed E-state index contributed by atoms with van der Waals surface area (Å²) in [7, 11) is 0. The summed E-state index contributed by atoms with van der Waals surface area (Å²) >= 11 is 0. The Morgan fingerprint density at radius 1 is 1.15 bits per heavy atom. The second-order valence-corrected chi connectivity index (χ2v) is 6.61. The Hall–Kier alpha value is -2.89. The molecule has 1 aliphatic heterocycles. The number of aryl methyl sites for hydroxylation is 2. The zero-order valence-corrected chi connectivity index (χ0v) is 15.1. The Bertz CT molecular complexity index is 866. The van der Waals surface area contributed by atoms with Crippen LogP contribution >= 0.6 is 0 Å². The fraction of sp³-hybridized carbons (Fsp3) is 0.300. The maximum atomic E-state index is 13.6. The number of carbonyl (C=O) groups is 2. The van der Waals surface area contributed by atoms with Crippen LogP contribution in [0.3, 0.4) is 0 Å². The summed E-state index contributed by atoms with van der Waals surface area (Å²) < 4.78 is 13.6. The molecule has 26 heavy (non-hydrogen) atoms. The second kappa shape index (κ2) is 7.15. The smallest absolute Gasteiger partial charge is 0.319 e. The van der Waals surface area contributed by atoms with E-state index in [0.717, 1.165) is 11.3 Å².